The number of ether oxygens (including phenoxy) is 1. The lowest BCUT2D eigenvalue weighted by Gasteiger charge is -2.06. The second kappa shape index (κ2) is 15.0. The van der Waals surface area contributed by atoms with Crippen LogP contribution in [-0.4, -0.2) is 36.3 Å². The topological polar surface area (TPSA) is 99.1 Å². The van der Waals surface area contributed by atoms with Crippen molar-refractivity contribution < 1.29 is 28.8 Å². The summed E-state index contributed by atoms with van der Waals surface area (Å²) < 4.78 is 3.86. The second-order valence-electron chi connectivity index (χ2n) is 2.76. The summed E-state index contributed by atoms with van der Waals surface area (Å²) in [4.78, 5) is 44.7. The Bertz CT molecular complexity index is 322. The van der Waals surface area contributed by atoms with Gasteiger partial charge in [0.2, 0.25) is 0 Å². The molecule has 0 saturated carbocycles. The Kier molecular flexibility index (Phi) is 23.1. The van der Waals surface area contributed by atoms with Crippen LogP contribution >= 0.6 is 0 Å². The van der Waals surface area contributed by atoms with E-state index in [-0.39, 0.29) is 53.4 Å². The standard InChI is InChI=1S/C6H9NO3.C3H2O3.4CH4/c1-4(8)6(5(2)9)7-10-3;4-2-1-3(5)6-2;;;;/h1-3H3;1H2;4*1H4. The summed E-state index contributed by atoms with van der Waals surface area (Å²) >= 11 is 0. The van der Waals surface area contributed by atoms with Gasteiger partial charge in [-0.05, 0) is 0 Å². The predicted molar refractivity (Wildman–Crippen MR) is 78.4 cm³/mol. The van der Waals surface area contributed by atoms with Crippen LogP contribution in [0.4, 0.5) is 0 Å². The van der Waals surface area contributed by atoms with Gasteiger partial charge in [-0.15, -0.1) is 0 Å². The number of carbonyl (C=O) groups is 4. The van der Waals surface area contributed by atoms with Crippen LogP contribution in [0.25, 0.3) is 0 Å². The fourth-order valence-electron chi connectivity index (χ4n) is 0.704. The maximum Gasteiger partial charge on any atom is 0.324 e. The number of ketones is 2. The van der Waals surface area contributed by atoms with Gasteiger partial charge in [-0.2, -0.15) is 0 Å². The summed E-state index contributed by atoms with van der Waals surface area (Å²) in [5.41, 5.74) is -0.150. The van der Waals surface area contributed by atoms with E-state index < -0.39 is 11.9 Å². The highest BCUT2D eigenvalue weighted by Gasteiger charge is 2.24. The van der Waals surface area contributed by atoms with E-state index >= 15 is 0 Å². The van der Waals surface area contributed by atoms with E-state index in [4.69, 9.17) is 0 Å². The van der Waals surface area contributed by atoms with Crippen molar-refractivity contribution in [3.05, 3.63) is 0 Å². The molecule has 1 aliphatic rings. The molecule has 0 unspecified atom stereocenters. The SMILES string of the molecule is C.C.C.C.CON=C(C(C)=O)C(C)=O.O=C1CC(=O)O1. The van der Waals surface area contributed by atoms with Gasteiger partial charge < -0.3 is 9.57 Å². The van der Waals surface area contributed by atoms with Gasteiger partial charge in [-0.1, -0.05) is 34.9 Å². The van der Waals surface area contributed by atoms with Crippen molar-refractivity contribution in [2.45, 2.75) is 50.0 Å². The first-order chi connectivity index (χ1) is 7.38. The molecule has 0 aliphatic carbocycles. The minimum atomic E-state index is -0.417. The Hall–Kier alpha value is -2.05. The number of rotatable bonds is 3. The molecule has 0 aromatic heterocycles. The van der Waals surface area contributed by atoms with Crippen LogP contribution in [0, 0.1) is 0 Å². The summed E-state index contributed by atoms with van der Waals surface area (Å²) in [6.45, 7) is 2.53. The van der Waals surface area contributed by atoms with E-state index in [2.05, 4.69) is 14.7 Å². The molecule has 0 bridgehead atoms. The molecule has 0 radical (unpaired) electrons. The van der Waals surface area contributed by atoms with Gasteiger partial charge in [-0.25, -0.2) is 0 Å². The summed E-state index contributed by atoms with van der Waals surface area (Å²) in [7, 11) is 1.28. The van der Waals surface area contributed by atoms with E-state index in [1.165, 1.54) is 21.0 Å². The number of nitrogens with zero attached hydrogens (tertiary/aromatic N) is 1. The quantitative estimate of drug-likeness (QED) is 0.342. The summed E-state index contributed by atoms with van der Waals surface area (Å²) in [6.07, 6.45) is -0.0278. The van der Waals surface area contributed by atoms with Crippen LogP contribution in [0.1, 0.15) is 50.0 Å². The van der Waals surface area contributed by atoms with Crippen LogP contribution in [-0.2, 0) is 28.8 Å². The number of hydrogen-bond donors (Lipinski definition) is 0. The molecule has 1 heterocycles. The molecule has 1 rings (SSSR count). The molecule has 0 aromatic rings. The van der Waals surface area contributed by atoms with Crippen molar-refractivity contribution in [1.29, 1.82) is 0 Å². The van der Waals surface area contributed by atoms with E-state index in [1.54, 1.807) is 0 Å². The highest BCUT2D eigenvalue weighted by molar-refractivity contribution is 6.65. The summed E-state index contributed by atoms with van der Waals surface area (Å²) in [6, 6.07) is 0. The Labute approximate surface area is 121 Å². The predicted octanol–water partition coefficient (Wildman–Crippen LogP) is 2.17. The molecule has 0 N–H and O–H groups in total. The van der Waals surface area contributed by atoms with Gasteiger partial charge in [0.1, 0.15) is 13.5 Å². The Morgan fingerprint density at radius 2 is 1.30 bits per heavy atom. The molecule has 0 aromatic carbocycles. The largest absolute Gasteiger partial charge is 0.398 e. The molecular formula is C13H27NO6. The van der Waals surface area contributed by atoms with Crippen molar-refractivity contribution >= 4 is 29.2 Å². The first kappa shape index (κ1) is 30.8. The van der Waals surface area contributed by atoms with Gasteiger partial charge in [0.25, 0.3) is 0 Å². The first-order valence-corrected chi connectivity index (χ1v) is 4.25. The fourth-order valence-corrected chi connectivity index (χ4v) is 0.704. The van der Waals surface area contributed by atoms with E-state index in [0.29, 0.717) is 0 Å². The minimum absolute atomic E-state index is 0. The van der Waals surface area contributed by atoms with E-state index in [9.17, 15) is 19.2 Å². The molecule has 0 amide bonds. The number of carbonyl (C=O) groups excluding carboxylic acids is 4. The van der Waals surface area contributed by atoms with Crippen LogP contribution in [0.3, 0.4) is 0 Å². The first-order valence-electron chi connectivity index (χ1n) is 4.25. The van der Waals surface area contributed by atoms with Crippen LogP contribution in [0.15, 0.2) is 5.16 Å². The van der Waals surface area contributed by atoms with E-state index in [1.807, 2.05) is 0 Å². The number of oxime groups is 1. The monoisotopic (exact) mass is 293 g/mol. The molecule has 0 atom stereocenters. The molecule has 1 aliphatic heterocycles. The average Bonchev–Trinajstić information content (AvgIpc) is 2.12. The summed E-state index contributed by atoms with van der Waals surface area (Å²) in [5, 5.41) is 3.24. The van der Waals surface area contributed by atoms with Crippen molar-refractivity contribution in [3.8, 4) is 0 Å². The van der Waals surface area contributed by atoms with Gasteiger partial charge in [0.15, 0.2) is 17.3 Å². The molecule has 0 spiro atoms. The highest BCUT2D eigenvalue weighted by Crippen LogP contribution is 2.00. The summed E-state index contributed by atoms with van der Waals surface area (Å²) in [5.74, 6) is -1.59. The molecule has 1 saturated heterocycles. The Balaban J connectivity index is -0.0000000664. The molecule has 7 nitrogen and oxygen atoms in total. The minimum Gasteiger partial charge on any atom is -0.398 e. The van der Waals surface area contributed by atoms with Gasteiger partial charge >= 0.3 is 11.9 Å². The smallest absolute Gasteiger partial charge is 0.324 e. The lowest BCUT2D eigenvalue weighted by atomic mass is 10.2. The number of esters is 2. The third kappa shape index (κ3) is 12.4. The lowest BCUT2D eigenvalue weighted by molar-refractivity contribution is -0.174. The zero-order chi connectivity index (χ0) is 12.7. The normalized spacial score (nSPS) is 9.95. The molecule has 20 heavy (non-hydrogen) atoms. The molecule has 1 fully saturated rings. The van der Waals surface area contributed by atoms with Crippen LogP contribution < -0.4 is 0 Å². The van der Waals surface area contributed by atoms with Gasteiger partial charge in [-0.3, -0.25) is 19.2 Å². The fraction of sp³-hybridized carbons (Fsp3) is 0.615. The Morgan fingerprint density at radius 1 is 1.00 bits per heavy atom. The van der Waals surface area contributed by atoms with Crippen molar-refractivity contribution in [2.24, 2.45) is 5.16 Å². The lowest BCUT2D eigenvalue weighted by Crippen LogP contribution is -2.26. The average molecular weight is 293 g/mol. The molecule has 7 heteroatoms. The maximum atomic E-state index is 10.5. The van der Waals surface area contributed by atoms with Crippen molar-refractivity contribution in [3.63, 3.8) is 0 Å². The van der Waals surface area contributed by atoms with Crippen molar-refractivity contribution in [1.82, 2.24) is 0 Å². The maximum absolute atomic E-state index is 10.5. The third-order valence-electron chi connectivity index (χ3n) is 1.37. The van der Waals surface area contributed by atoms with Gasteiger partial charge in [0.05, 0.1) is 0 Å². The van der Waals surface area contributed by atoms with E-state index in [0.717, 1.165) is 0 Å². The second-order valence-corrected chi connectivity index (χ2v) is 2.76. The zero-order valence-electron chi connectivity index (χ0n) is 9.10. The Morgan fingerprint density at radius 3 is 1.35 bits per heavy atom. The number of Topliss-reactive ketones (excluding diaryl/α,β-unsaturated/α-hetero) is 2. The van der Waals surface area contributed by atoms with Crippen LogP contribution in [0.2, 0.25) is 0 Å². The zero-order valence-corrected chi connectivity index (χ0v) is 9.10. The van der Waals surface area contributed by atoms with Crippen LogP contribution in [0.5, 0.6) is 0 Å². The molecular weight excluding hydrogens is 266 g/mol. The third-order valence-corrected chi connectivity index (χ3v) is 1.37. The van der Waals surface area contributed by atoms with Crippen molar-refractivity contribution in [2.75, 3.05) is 7.11 Å². The van der Waals surface area contributed by atoms with Gasteiger partial charge in [0, 0.05) is 13.8 Å². The number of cyclic esters (lactones) is 2. The highest BCUT2D eigenvalue weighted by atomic mass is 16.6. The molecule has 120 valence electrons. The number of hydrogen-bond acceptors (Lipinski definition) is 7.